The lowest BCUT2D eigenvalue weighted by molar-refractivity contribution is 0.121. The van der Waals surface area contributed by atoms with E-state index in [-0.39, 0.29) is 0 Å². The zero-order valence-electron chi connectivity index (χ0n) is 16.7. The van der Waals surface area contributed by atoms with Crippen molar-refractivity contribution in [1.29, 1.82) is 0 Å². The number of ether oxygens (including phenoxy) is 1. The van der Waals surface area contributed by atoms with E-state index in [2.05, 4.69) is 57.7 Å². The van der Waals surface area contributed by atoms with E-state index >= 15 is 0 Å². The Bertz CT molecular complexity index is 755. The molecule has 0 radical (unpaired) electrons. The number of benzene rings is 1. The number of nitrogens with zero attached hydrogens (tertiary/aromatic N) is 4. The molecule has 2 aromatic rings. The fourth-order valence-electron chi connectivity index (χ4n) is 3.58. The number of hydrogen-bond acceptors (Lipinski definition) is 3. The van der Waals surface area contributed by atoms with E-state index in [1.54, 1.807) is 0 Å². The lowest BCUT2D eigenvalue weighted by Crippen LogP contribution is -2.39. The minimum absolute atomic E-state index is 0.520. The number of likely N-dealkylation sites (tertiary alicyclic amines) is 1. The van der Waals surface area contributed by atoms with E-state index in [9.17, 15) is 0 Å². The van der Waals surface area contributed by atoms with Crippen LogP contribution in [0.1, 0.15) is 42.4 Å². The molecule has 1 aromatic carbocycles. The molecule has 146 valence electrons. The Labute approximate surface area is 162 Å². The van der Waals surface area contributed by atoms with Crippen LogP contribution in [-0.2, 0) is 24.9 Å². The Hall–Kier alpha value is -2.34. The molecule has 2 heterocycles. The Morgan fingerprint density at radius 3 is 2.85 bits per heavy atom. The van der Waals surface area contributed by atoms with Crippen molar-refractivity contribution in [3.8, 4) is 0 Å². The van der Waals surface area contributed by atoms with Crippen LogP contribution in [0.2, 0.25) is 0 Å². The lowest BCUT2D eigenvalue weighted by Gasteiger charge is -2.22. The van der Waals surface area contributed by atoms with Crippen molar-refractivity contribution in [2.24, 2.45) is 12.0 Å². The molecule has 0 saturated carbocycles. The molecule has 0 spiro atoms. The van der Waals surface area contributed by atoms with E-state index in [4.69, 9.17) is 4.74 Å². The average Bonchev–Trinajstić information content (AvgIpc) is 3.33. The monoisotopic (exact) mass is 369 g/mol. The molecule has 6 nitrogen and oxygen atoms in total. The first kappa shape index (κ1) is 19.4. The van der Waals surface area contributed by atoms with E-state index in [1.807, 2.05) is 25.0 Å². The van der Waals surface area contributed by atoms with Gasteiger partial charge in [-0.15, -0.1) is 0 Å². The van der Waals surface area contributed by atoms with Crippen LogP contribution in [0.3, 0.4) is 0 Å². The maximum Gasteiger partial charge on any atom is 0.193 e. The minimum Gasteiger partial charge on any atom is -0.377 e. The quantitative estimate of drug-likeness (QED) is 0.463. The van der Waals surface area contributed by atoms with Gasteiger partial charge in [0.15, 0.2) is 5.96 Å². The van der Waals surface area contributed by atoms with Crippen molar-refractivity contribution in [3.63, 3.8) is 0 Å². The zero-order chi connectivity index (χ0) is 19.1. The molecule has 1 aromatic heterocycles. The summed E-state index contributed by atoms with van der Waals surface area (Å²) in [4.78, 5) is 6.84. The summed E-state index contributed by atoms with van der Waals surface area (Å²) in [6.07, 6.45) is 6.28. The molecule has 1 atom stereocenters. The Balaban J connectivity index is 1.57. The predicted octanol–water partition coefficient (Wildman–Crippen LogP) is 2.91. The predicted molar refractivity (Wildman–Crippen MR) is 109 cm³/mol. The molecule has 0 amide bonds. The van der Waals surface area contributed by atoms with Crippen LogP contribution in [0, 0.1) is 0 Å². The summed E-state index contributed by atoms with van der Waals surface area (Å²) in [5, 5.41) is 7.84. The van der Waals surface area contributed by atoms with Gasteiger partial charge in [-0.1, -0.05) is 31.2 Å². The maximum atomic E-state index is 5.73. The smallest absolute Gasteiger partial charge is 0.193 e. The molecule has 3 rings (SSSR count). The number of nitrogens with one attached hydrogen (secondary N) is 1. The van der Waals surface area contributed by atoms with E-state index < -0.39 is 0 Å². The molecule has 27 heavy (non-hydrogen) atoms. The maximum absolute atomic E-state index is 5.73. The molecule has 1 fully saturated rings. The van der Waals surface area contributed by atoms with Crippen LogP contribution in [0.15, 0.2) is 41.7 Å². The summed E-state index contributed by atoms with van der Waals surface area (Å²) in [7, 11) is 3.83. The third kappa shape index (κ3) is 5.10. The van der Waals surface area contributed by atoms with Crippen molar-refractivity contribution in [2.75, 3.05) is 26.7 Å². The van der Waals surface area contributed by atoms with Crippen LogP contribution in [0.25, 0.3) is 0 Å². The fourth-order valence-corrected chi connectivity index (χ4v) is 3.58. The number of aliphatic imine (C=N–C) groups is 1. The molecule has 1 saturated heterocycles. The Kier molecular flexibility index (Phi) is 6.87. The van der Waals surface area contributed by atoms with Crippen LogP contribution in [0.4, 0.5) is 0 Å². The van der Waals surface area contributed by atoms with Gasteiger partial charge in [-0.25, -0.2) is 0 Å². The molecule has 1 aliphatic rings. The number of rotatable bonds is 7. The first-order valence-electron chi connectivity index (χ1n) is 9.80. The minimum atomic E-state index is 0.520. The molecule has 1 N–H and O–H groups in total. The molecule has 1 aliphatic heterocycles. The Morgan fingerprint density at radius 2 is 2.15 bits per heavy atom. The normalized spacial score (nSPS) is 17.5. The standard InChI is InChI=1S/C21H31N5O/c1-4-11-27-16-19-8-6-5-7-17(19)12-23-21(22-2)26-10-9-18(15-26)20-13-24-25(3)14-20/h5-8,13-14,18H,4,9-12,15-16H2,1-3H3,(H,22,23). The number of aryl methyl sites for hydroxylation is 1. The second-order valence-corrected chi connectivity index (χ2v) is 7.10. The highest BCUT2D eigenvalue weighted by Gasteiger charge is 2.26. The van der Waals surface area contributed by atoms with Gasteiger partial charge < -0.3 is 15.0 Å². The third-order valence-electron chi connectivity index (χ3n) is 5.06. The number of hydrogen-bond donors (Lipinski definition) is 1. The second-order valence-electron chi connectivity index (χ2n) is 7.10. The lowest BCUT2D eigenvalue weighted by atomic mass is 10.0. The van der Waals surface area contributed by atoms with Gasteiger partial charge in [0, 0.05) is 52.5 Å². The average molecular weight is 370 g/mol. The first-order chi connectivity index (χ1) is 13.2. The molecule has 1 unspecified atom stereocenters. The van der Waals surface area contributed by atoms with E-state index in [0.29, 0.717) is 12.5 Å². The highest BCUT2D eigenvalue weighted by atomic mass is 16.5. The topological polar surface area (TPSA) is 54.7 Å². The summed E-state index contributed by atoms with van der Waals surface area (Å²) in [5.74, 6) is 1.48. The van der Waals surface area contributed by atoms with Gasteiger partial charge in [-0.3, -0.25) is 9.67 Å². The highest BCUT2D eigenvalue weighted by molar-refractivity contribution is 5.80. The van der Waals surface area contributed by atoms with Crippen molar-refractivity contribution < 1.29 is 4.74 Å². The van der Waals surface area contributed by atoms with Crippen LogP contribution in [-0.4, -0.2) is 47.4 Å². The number of guanidine groups is 1. The Morgan fingerprint density at radius 1 is 1.33 bits per heavy atom. The summed E-state index contributed by atoms with van der Waals surface area (Å²) in [5.41, 5.74) is 3.81. The number of aromatic nitrogens is 2. The van der Waals surface area contributed by atoms with E-state index in [0.717, 1.165) is 45.0 Å². The van der Waals surface area contributed by atoms with E-state index in [1.165, 1.54) is 16.7 Å². The van der Waals surface area contributed by atoms with Crippen molar-refractivity contribution in [1.82, 2.24) is 20.0 Å². The molecular formula is C21H31N5O. The summed E-state index contributed by atoms with van der Waals surface area (Å²) in [6.45, 7) is 6.34. The van der Waals surface area contributed by atoms with Gasteiger partial charge >= 0.3 is 0 Å². The summed E-state index contributed by atoms with van der Waals surface area (Å²) < 4.78 is 7.61. The SMILES string of the molecule is CCCOCc1ccccc1CNC(=NC)N1CCC(c2cnn(C)c2)C1. The van der Waals surface area contributed by atoms with Gasteiger partial charge in [-0.05, 0) is 29.5 Å². The van der Waals surface area contributed by atoms with Gasteiger partial charge in [-0.2, -0.15) is 5.10 Å². The second kappa shape index (κ2) is 9.55. The van der Waals surface area contributed by atoms with Gasteiger partial charge in [0.2, 0.25) is 0 Å². The van der Waals surface area contributed by atoms with Crippen LogP contribution < -0.4 is 5.32 Å². The molecule has 0 aliphatic carbocycles. The van der Waals surface area contributed by atoms with Gasteiger partial charge in [0.1, 0.15) is 0 Å². The van der Waals surface area contributed by atoms with Crippen LogP contribution in [0.5, 0.6) is 0 Å². The third-order valence-corrected chi connectivity index (χ3v) is 5.06. The molecule has 0 bridgehead atoms. The summed E-state index contributed by atoms with van der Waals surface area (Å²) >= 11 is 0. The van der Waals surface area contributed by atoms with Crippen molar-refractivity contribution in [3.05, 3.63) is 53.3 Å². The van der Waals surface area contributed by atoms with Crippen molar-refractivity contribution >= 4 is 5.96 Å². The van der Waals surface area contributed by atoms with Crippen molar-refractivity contribution in [2.45, 2.75) is 38.8 Å². The van der Waals surface area contributed by atoms with Crippen LogP contribution >= 0.6 is 0 Å². The van der Waals surface area contributed by atoms with Gasteiger partial charge in [0.05, 0.1) is 12.8 Å². The zero-order valence-corrected chi connectivity index (χ0v) is 16.7. The van der Waals surface area contributed by atoms with Gasteiger partial charge in [0.25, 0.3) is 0 Å². The first-order valence-corrected chi connectivity index (χ1v) is 9.80. The largest absolute Gasteiger partial charge is 0.377 e. The highest BCUT2D eigenvalue weighted by Crippen LogP contribution is 2.26. The fraction of sp³-hybridized carbons (Fsp3) is 0.524. The molecule has 6 heteroatoms. The molecular weight excluding hydrogens is 338 g/mol. The summed E-state index contributed by atoms with van der Waals surface area (Å²) in [6, 6.07) is 8.45.